The molecule has 1 amide bonds. The molecule has 0 radical (unpaired) electrons. The number of carbonyl (C=O) groups excluding carboxylic acids is 2. The molecule has 0 fully saturated rings. The topological polar surface area (TPSA) is 68.3 Å². The van der Waals surface area contributed by atoms with Crippen molar-refractivity contribution in [3.05, 3.63) is 106 Å². The molecule has 0 bridgehead atoms. The Morgan fingerprint density at radius 3 is 2.33 bits per heavy atom. The molecule has 39 heavy (non-hydrogen) atoms. The summed E-state index contributed by atoms with van der Waals surface area (Å²) in [7, 11) is 0. The highest BCUT2D eigenvalue weighted by Crippen LogP contribution is 2.38. The molecule has 1 aromatic heterocycles. The van der Waals surface area contributed by atoms with Crippen LogP contribution in [-0.2, 0) is 28.8 Å². The molecule has 0 unspecified atom stereocenters. The monoisotopic (exact) mass is 518 g/mol. The van der Waals surface area contributed by atoms with Crippen molar-refractivity contribution in [2.45, 2.75) is 46.5 Å². The third-order valence-electron chi connectivity index (χ3n) is 7.36. The molecule has 1 heterocycles. The maximum Gasteiger partial charge on any atom is 0.339 e. The van der Waals surface area contributed by atoms with Crippen LogP contribution in [0.3, 0.4) is 0 Å². The van der Waals surface area contributed by atoms with Crippen molar-refractivity contribution < 1.29 is 14.3 Å². The number of pyridine rings is 1. The lowest BCUT2D eigenvalue weighted by Crippen LogP contribution is -2.24. The normalized spacial score (nSPS) is 15.7. The average molecular weight is 519 g/mol. The fourth-order valence-corrected chi connectivity index (χ4v) is 5.50. The second-order valence-corrected chi connectivity index (χ2v) is 10.2. The molecule has 1 aliphatic carbocycles. The van der Waals surface area contributed by atoms with E-state index < -0.39 is 5.97 Å². The highest BCUT2D eigenvalue weighted by atomic mass is 16.5. The Hall–Kier alpha value is -4.25. The lowest BCUT2D eigenvalue weighted by molar-refractivity contribution is -0.119. The van der Waals surface area contributed by atoms with Crippen LogP contribution in [0.1, 0.15) is 65.5 Å². The lowest BCUT2D eigenvalue weighted by atomic mass is 9.80. The van der Waals surface area contributed by atoms with Gasteiger partial charge >= 0.3 is 5.97 Å². The number of allylic oxidation sites excluding steroid dienone is 1. The Balaban J connectivity index is 1.47. The number of ether oxygens (including phenoxy) is 1. The Kier molecular flexibility index (Phi) is 7.87. The number of nitrogens with one attached hydrogen (secondary N) is 1. The van der Waals surface area contributed by atoms with Crippen molar-refractivity contribution in [1.82, 2.24) is 4.98 Å². The van der Waals surface area contributed by atoms with Gasteiger partial charge in [0, 0.05) is 11.1 Å². The summed E-state index contributed by atoms with van der Waals surface area (Å²) in [5, 5.41) is 3.74. The number of carbonyl (C=O) groups is 2. The quantitative estimate of drug-likeness (QED) is 0.261. The first kappa shape index (κ1) is 26.4. The van der Waals surface area contributed by atoms with Gasteiger partial charge in [-0.15, -0.1) is 0 Å². The molecule has 0 saturated heterocycles. The van der Waals surface area contributed by atoms with Crippen molar-refractivity contribution >= 4 is 40.1 Å². The predicted molar refractivity (Wildman–Crippen MR) is 158 cm³/mol. The smallest absolute Gasteiger partial charge is 0.339 e. The molecule has 5 rings (SSSR count). The first-order chi connectivity index (χ1) is 19.0. The fourth-order valence-electron chi connectivity index (χ4n) is 5.50. The van der Waals surface area contributed by atoms with E-state index in [4.69, 9.17) is 9.72 Å². The third kappa shape index (κ3) is 5.63. The van der Waals surface area contributed by atoms with Gasteiger partial charge in [0.05, 0.1) is 16.8 Å². The molecule has 1 aliphatic rings. The number of para-hydroxylation sites is 2. The molecule has 0 spiro atoms. The van der Waals surface area contributed by atoms with Gasteiger partial charge in [0.2, 0.25) is 0 Å². The number of hydrogen-bond donors (Lipinski definition) is 1. The van der Waals surface area contributed by atoms with E-state index in [2.05, 4.69) is 44.3 Å². The Bertz CT molecular complexity index is 1530. The second kappa shape index (κ2) is 11.6. The van der Waals surface area contributed by atoms with Crippen LogP contribution in [0.4, 0.5) is 5.69 Å². The molecule has 198 valence electrons. The summed E-state index contributed by atoms with van der Waals surface area (Å²) in [5.74, 6) is -0.500. The maximum absolute atomic E-state index is 13.7. The zero-order valence-corrected chi connectivity index (χ0v) is 22.8. The van der Waals surface area contributed by atoms with E-state index in [0.717, 1.165) is 75.8 Å². The van der Waals surface area contributed by atoms with Crippen molar-refractivity contribution in [2.24, 2.45) is 5.92 Å². The van der Waals surface area contributed by atoms with Crippen LogP contribution in [0.15, 0.2) is 72.8 Å². The van der Waals surface area contributed by atoms with Crippen molar-refractivity contribution in [1.29, 1.82) is 0 Å². The summed E-state index contributed by atoms with van der Waals surface area (Å²) in [6.45, 7) is 5.96. The largest absolute Gasteiger partial charge is 0.452 e. The SMILES string of the molecule is CCc1cccc(CC)c1NC(=O)COC(=O)c1c2c(nc3ccccc13)/C(=C\c1ccccc1)C[C@@H](C)C2. The molecular formula is C34H34N2O3. The van der Waals surface area contributed by atoms with E-state index in [1.165, 1.54) is 0 Å². The first-order valence-corrected chi connectivity index (χ1v) is 13.7. The van der Waals surface area contributed by atoms with Gasteiger partial charge in [-0.05, 0) is 71.6 Å². The van der Waals surface area contributed by atoms with Crippen LogP contribution in [0, 0.1) is 5.92 Å². The van der Waals surface area contributed by atoms with Gasteiger partial charge in [-0.3, -0.25) is 4.79 Å². The number of fused-ring (bicyclic) bond motifs is 2. The number of aryl methyl sites for hydroxylation is 2. The van der Waals surface area contributed by atoms with Gasteiger partial charge in [0.25, 0.3) is 5.91 Å². The van der Waals surface area contributed by atoms with Gasteiger partial charge in [-0.1, -0.05) is 87.5 Å². The third-order valence-corrected chi connectivity index (χ3v) is 7.36. The minimum atomic E-state index is -0.493. The van der Waals surface area contributed by atoms with Gasteiger partial charge in [-0.25, -0.2) is 9.78 Å². The van der Waals surface area contributed by atoms with Crippen molar-refractivity contribution in [3.63, 3.8) is 0 Å². The van der Waals surface area contributed by atoms with E-state index in [1.807, 2.05) is 60.7 Å². The maximum atomic E-state index is 13.7. The second-order valence-electron chi connectivity index (χ2n) is 10.2. The number of benzene rings is 3. The van der Waals surface area contributed by atoms with Crippen LogP contribution in [0.2, 0.25) is 0 Å². The van der Waals surface area contributed by atoms with E-state index in [0.29, 0.717) is 11.5 Å². The van der Waals surface area contributed by atoms with Crippen LogP contribution in [0.25, 0.3) is 22.6 Å². The van der Waals surface area contributed by atoms with Crippen LogP contribution in [-0.4, -0.2) is 23.5 Å². The highest BCUT2D eigenvalue weighted by molar-refractivity contribution is 6.07. The van der Waals surface area contributed by atoms with Crippen molar-refractivity contribution in [2.75, 3.05) is 11.9 Å². The molecular weight excluding hydrogens is 484 g/mol. The molecule has 5 heteroatoms. The lowest BCUT2D eigenvalue weighted by Gasteiger charge is -2.26. The number of amides is 1. The predicted octanol–water partition coefficient (Wildman–Crippen LogP) is 7.28. The minimum Gasteiger partial charge on any atom is -0.452 e. The standard InChI is InChI=1S/C34H34N2O3/c1-4-24-14-11-15-25(5-2)32(24)36-30(37)21-39-34(38)31-27-16-9-10-17-29(27)35-33-26(18-22(3)19-28(31)33)20-23-12-7-6-8-13-23/h6-17,20,22H,4-5,18-19,21H2,1-3H3,(H,36,37)/b26-20-/t22-/m1/s1. The minimum absolute atomic E-state index is 0.336. The number of hydrogen-bond acceptors (Lipinski definition) is 4. The van der Waals surface area contributed by atoms with Gasteiger partial charge in [-0.2, -0.15) is 0 Å². The molecule has 4 aromatic rings. The zero-order valence-electron chi connectivity index (χ0n) is 22.8. The van der Waals surface area contributed by atoms with Crippen LogP contribution < -0.4 is 5.32 Å². The number of aromatic nitrogens is 1. The number of esters is 1. The fraction of sp³-hybridized carbons (Fsp3) is 0.265. The Morgan fingerprint density at radius 1 is 0.923 bits per heavy atom. The molecule has 5 nitrogen and oxygen atoms in total. The first-order valence-electron chi connectivity index (χ1n) is 13.7. The number of anilines is 1. The van der Waals surface area contributed by atoms with E-state index in [9.17, 15) is 9.59 Å². The Labute approximate surface area is 229 Å². The van der Waals surface area contributed by atoms with E-state index in [1.54, 1.807) is 0 Å². The van der Waals surface area contributed by atoms with Gasteiger partial charge in [0.1, 0.15) is 0 Å². The molecule has 0 aliphatic heterocycles. The Morgan fingerprint density at radius 2 is 1.62 bits per heavy atom. The summed E-state index contributed by atoms with van der Waals surface area (Å²) in [6.07, 6.45) is 5.36. The summed E-state index contributed by atoms with van der Waals surface area (Å²) in [4.78, 5) is 31.6. The summed E-state index contributed by atoms with van der Waals surface area (Å²) < 4.78 is 5.67. The number of rotatable bonds is 7. The zero-order chi connectivity index (χ0) is 27.4. The van der Waals surface area contributed by atoms with Crippen LogP contribution >= 0.6 is 0 Å². The van der Waals surface area contributed by atoms with Gasteiger partial charge in [0.15, 0.2) is 6.61 Å². The number of nitrogens with zero attached hydrogens (tertiary/aromatic N) is 1. The molecule has 1 N–H and O–H groups in total. The van der Waals surface area contributed by atoms with Crippen molar-refractivity contribution in [3.8, 4) is 0 Å². The van der Waals surface area contributed by atoms with E-state index >= 15 is 0 Å². The highest BCUT2D eigenvalue weighted by Gasteiger charge is 2.29. The summed E-state index contributed by atoms with van der Waals surface area (Å²) >= 11 is 0. The molecule has 3 aromatic carbocycles. The molecule has 0 saturated carbocycles. The van der Waals surface area contributed by atoms with E-state index in [-0.39, 0.29) is 12.5 Å². The molecule has 1 atom stereocenters. The van der Waals surface area contributed by atoms with Crippen LogP contribution in [0.5, 0.6) is 0 Å². The average Bonchev–Trinajstić information content (AvgIpc) is 2.95. The summed E-state index contributed by atoms with van der Waals surface area (Å²) in [6, 6.07) is 23.9. The van der Waals surface area contributed by atoms with Gasteiger partial charge < -0.3 is 10.1 Å². The summed E-state index contributed by atoms with van der Waals surface area (Å²) in [5.41, 5.74) is 8.14.